The summed E-state index contributed by atoms with van der Waals surface area (Å²) in [6, 6.07) is 8.09. The first kappa shape index (κ1) is 20.7. The van der Waals surface area contributed by atoms with Crippen LogP contribution in [0.3, 0.4) is 0 Å². The first-order valence-corrected chi connectivity index (χ1v) is 10.9. The van der Waals surface area contributed by atoms with Crippen molar-refractivity contribution in [3.8, 4) is 10.4 Å². The molecule has 0 spiro atoms. The number of rotatable bonds is 9. The van der Waals surface area contributed by atoms with Gasteiger partial charge in [-0.2, -0.15) is 0 Å². The molecule has 0 atom stereocenters. The van der Waals surface area contributed by atoms with Crippen LogP contribution < -0.4 is 10.2 Å². The largest absolute Gasteiger partial charge is 0.394 e. The molecule has 158 valence electrons. The summed E-state index contributed by atoms with van der Waals surface area (Å²) in [4.78, 5) is 18.9. The van der Waals surface area contributed by atoms with E-state index in [1.165, 1.54) is 0 Å². The molecule has 0 amide bonds. The summed E-state index contributed by atoms with van der Waals surface area (Å²) in [5.41, 5.74) is 2.27. The van der Waals surface area contributed by atoms with Gasteiger partial charge >= 0.3 is 0 Å². The highest BCUT2D eigenvalue weighted by molar-refractivity contribution is 7.18. The Balaban J connectivity index is 1.32. The molecule has 4 heterocycles. The lowest BCUT2D eigenvalue weighted by atomic mass is 10.2. The molecule has 9 heteroatoms. The molecule has 0 unspecified atom stereocenters. The SMILES string of the molecule is OCCOCCN1CCN(c2ccnc(Nc3ncc(-c4ccncc4)s3)c2)CC1. The summed E-state index contributed by atoms with van der Waals surface area (Å²) in [6.45, 7) is 5.98. The van der Waals surface area contributed by atoms with E-state index in [1.807, 2.05) is 24.5 Å². The van der Waals surface area contributed by atoms with Crippen LogP contribution in [0.5, 0.6) is 0 Å². The van der Waals surface area contributed by atoms with Crippen molar-refractivity contribution in [1.29, 1.82) is 0 Å². The lowest BCUT2D eigenvalue weighted by molar-refractivity contribution is 0.0724. The van der Waals surface area contributed by atoms with Gasteiger partial charge in [0.1, 0.15) is 5.82 Å². The van der Waals surface area contributed by atoms with Gasteiger partial charge in [-0.3, -0.25) is 9.88 Å². The van der Waals surface area contributed by atoms with E-state index in [-0.39, 0.29) is 6.61 Å². The zero-order chi connectivity index (χ0) is 20.6. The van der Waals surface area contributed by atoms with Crippen molar-refractivity contribution in [2.75, 3.05) is 62.8 Å². The first-order chi connectivity index (χ1) is 14.8. The van der Waals surface area contributed by atoms with E-state index < -0.39 is 0 Å². The van der Waals surface area contributed by atoms with E-state index >= 15 is 0 Å². The Kier molecular flexibility index (Phi) is 7.20. The monoisotopic (exact) mass is 426 g/mol. The Hall–Kier alpha value is -2.59. The Morgan fingerprint density at radius 1 is 1.03 bits per heavy atom. The van der Waals surface area contributed by atoms with E-state index in [9.17, 15) is 0 Å². The maximum atomic E-state index is 8.77. The van der Waals surface area contributed by atoms with Crippen molar-refractivity contribution in [2.24, 2.45) is 0 Å². The van der Waals surface area contributed by atoms with Crippen molar-refractivity contribution in [1.82, 2.24) is 19.9 Å². The molecule has 3 aromatic heterocycles. The first-order valence-electron chi connectivity index (χ1n) is 10.1. The molecule has 1 fully saturated rings. The second-order valence-electron chi connectivity index (χ2n) is 6.95. The Morgan fingerprint density at radius 3 is 2.67 bits per heavy atom. The number of pyridine rings is 2. The van der Waals surface area contributed by atoms with Gasteiger partial charge in [0, 0.05) is 69.3 Å². The van der Waals surface area contributed by atoms with Crippen LogP contribution in [0.4, 0.5) is 16.6 Å². The smallest absolute Gasteiger partial charge is 0.188 e. The molecule has 0 radical (unpaired) electrons. The van der Waals surface area contributed by atoms with Gasteiger partial charge in [0.2, 0.25) is 0 Å². The number of anilines is 3. The van der Waals surface area contributed by atoms with Crippen molar-refractivity contribution < 1.29 is 9.84 Å². The highest BCUT2D eigenvalue weighted by atomic mass is 32.1. The van der Waals surface area contributed by atoms with Crippen molar-refractivity contribution in [3.05, 3.63) is 49.1 Å². The summed E-state index contributed by atoms with van der Waals surface area (Å²) < 4.78 is 5.37. The van der Waals surface area contributed by atoms with Crippen molar-refractivity contribution in [3.63, 3.8) is 0 Å². The summed E-state index contributed by atoms with van der Waals surface area (Å²) >= 11 is 1.60. The topological polar surface area (TPSA) is 86.6 Å². The Bertz CT molecular complexity index is 915. The number of piperazine rings is 1. The number of ether oxygens (including phenoxy) is 1. The van der Waals surface area contributed by atoms with Crippen LogP contribution in [-0.4, -0.2) is 77.5 Å². The number of nitrogens with one attached hydrogen (secondary N) is 1. The Morgan fingerprint density at radius 2 is 1.87 bits per heavy atom. The number of nitrogens with zero attached hydrogens (tertiary/aromatic N) is 5. The molecule has 1 aliphatic heterocycles. The van der Waals surface area contributed by atoms with Crippen LogP contribution in [0, 0.1) is 0 Å². The van der Waals surface area contributed by atoms with Gasteiger partial charge in [0.25, 0.3) is 0 Å². The summed E-state index contributed by atoms with van der Waals surface area (Å²) in [5.74, 6) is 0.794. The highest BCUT2D eigenvalue weighted by Gasteiger charge is 2.17. The predicted molar refractivity (Wildman–Crippen MR) is 119 cm³/mol. The van der Waals surface area contributed by atoms with Crippen LogP contribution >= 0.6 is 11.3 Å². The Labute approximate surface area is 180 Å². The maximum Gasteiger partial charge on any atom is 0.188 e. The summed E-state index contributed by atoms with van der Waals surface area (Å²) in [7, 11) is 0. The van der Waals surface area contributed by atoms with Gasteiger partial charge in [-0.15, -0.1) is 0 Å². The lowest BCUT2D eigenvalue weighted by Crippen LogP contribution is -2.47. The molecule has 2 N–H and O–H groups in total. The van der Waals surface area contributed by atoms with Crippen LogP contribution in [0.1, 0.15) is 0 Å². The van der Waals surface area contributed by atoms with E-state index in [4.69, 9.17) is 9.84 Å². The lowest BCUT2D eigenvalue weighted by Gasteiger charge is -2.36. The van der Waals surface area contributed by atoms with Gasteiger partial charge in [-0.05, 0) is 23.8 Å². The minimum Gasteiger partial charge on any atom is -0.394 e. The minimum absolute atomic E-state index is 0.0816. The van der Waals surface area contributed by atoms with Crippen LogP contribution in [0.15, 0.2) is 49.1 Å². The molecule has 0 bridgehead atoms. The fraction of sp³-hybridized carbons (Fsp3) is 0.381. The third-order valence-electron chi connectivity index (χ3n) is 4.97. The average Bonchev–Trinajstić information content (AvgIpc) is 3.26. The third kappa shape index (κ3) is 5.51. The molecule has 30 heavy (non-hydrogen) atoms. The normalized spacial score (nSPS) is 14.8. The molecule has 0 saturated carbocycles. The van der Waals surface area contributed by atoms with Crippen LogP contribution in [-0.2, 0) is 4.74 Å². The maximum absolute atomic E-state index is 8.77. The minimum atomic E-state index is 0.0816. The van der Waals surface area contributed by atoms with E-state index in [1.54, 1.807) is 23.7 Å². The van der Waals surface area contributed by atoms with E-state index in [2.05, 4.69) is 42.2 Å². The third-order valence-corrected chi connectivity index (χ3v) is 5.94. The van der Waals surface area contributed by atoms with E-state index in [0.717, 1.165) is 59.8 Å². The molecule has 0 aliphatic carbocycles. The van der Waals surface area contributed by atoms with Crippen LogP contribution in [0.25, 0.3) is 10.4 Å². The molecule has 1 saturated heterocycles. The van der Waals surface area contributed by atoms with Gasteiger partial charge in [-0.25, -0.2) is 9.97 Å². The quantitative estimate of drug-likeness (QED) is 0.505. The number of aromatic nitrogens is 3. The molecule has 0 aromatic carbocycles. The van der Waals surface area contributed by atoms with E-state index in [0.29, 0.717) is 13.2 Å². The van der Waals surface area contributed by atoms with Gasteiger partial charge in [0.05, 0.1) is 24.7 Å². The van der Waals surface area contributed by atoms with Crippen LogP contribution in [0.2, 0.25) is 0 Å². The van der Waals surface area contributed by atoms with Crippen molar-refractivity contribution >= 4 is 28.0 Å². The summed E-state index contributed by atoms with van der Waals surface area (Å²) in [6.07, 6.45) is 7.28. The number of aliphatic hydroxyl groups excluding tert-OH is 1. The molecule has 4 rings (SSSR count). The molecular weight excluding hydrogens is 400 g/mol. The second-order valence-corrected chi connectivity index (χ2v) is 7.99. The van der Waals surface area contributed by atoms with Gasteiger partial charge in [0.15, 0.2) is 5.13 Å². The fourth-order valence-electron chi connectivity index (χ4n) is 3.37. The highest BCUT2D eigenvalue weighted by Crippen LogP contribution is 2.30. The second kappa shape index (κ2) is 10.4. The van der Waals surface area contributed by atoms with Crippen molar-refractivity contribution in [2.45, 2.75) is 0 Å². The zero-order valence-corrected chi connectivity index (χ0v) is 17.6. The molecule has 1 aliphatic rings. The summed E-state index contributed by atoms with van der Waals surface area (Å²) in [5, 5.41) is 12.9. The predicted octanol–water partition coefficient (Wildman–Crippen LogP) is 2.47. The molecule has 3 aromatic rings. The zero-order valence-electron chi connectivity index (χ0n) is 16.8. The molecule has 8 nitrogen and oxygen atoms in total. The number of thiazole rings is 1. The average molecular weight is 427 g/mol. The number of aliphatic hydroxyl groups is 1. The van der Waals surface area contributed by atoms with Gasteiger partial charge in [-0.1, -0.05) is 11.3 Å². The fourth-order valence-corrected chi connectivity index (χ4v) is 4.19. The number of hydrogen-bond acceptors (Lipinski definition) is 9. The number of hydrogen-bond donors (Lipinski definition) is 2. The molecular formula is C21H26N6O2S. The standard InChI is InChI=1S/C21H26N6O2S/c28-12-14-29-13-11-26-7-9-27(10-8-26)18-3-6-23-20(15-18)25-21-24-16-19(30-21)17-1-4-22-5-2-17/h1-6,15-16,28H,7-14H2,(H,23,24,25). The van der Waals surface area contributed by atoms with Gasteiger partial charge < -0.3 is 20.1 Å².